The third-order valence-corrected chi connectivity index (χ3v) is 18.2. The predicted octanol–water partition coefficient (Wildman–Crippen LogP) is 9.52. The van der Waals surface area contributed by atoms with Gasteiger partial charge in [0.2, 0.25) is 5.78 Å². The van der Waals surface area contributed by atoms with Crippen molar-refractivity contribution in [3.05, 3.63) is 39.3 Å². The standard InChI is InChI=1S/C45H63F3N4O10Si/c1-12-14-18-57-37-28-25(35(59-45(46,47)48)29-32-23(16-17-51(32)9)22-52(33(29)37)41(56)60-42(3,4)5)20-24-21-26-31(49)36-30(40(50-61-36)58-19-15-13-2)39(55)44(26,38(54)27(24)34(28)53)62-63(10,11)43(6,7)8/h23-24,26,31-32,54H,12-22,49H2,1-11H3/t23?,24-,26-,31-,32?,44-/m0/s1. The molecule has 5 aliphatic rings. The molecule has 1 saturated heterocycles. The summed E-state index contributed by atoms with van der Waals surface area (Å²) in [6, 6.07) is -1.76. The highest BCUT2D eigenvalue weighted by atomic mass is 28.4. The number of unbranched alkanes of at least 4 members (excludes halogenated alkanes) is 2. The number of Topliss-reactive ketones (excluding diaryl/α,β-unsaturated/α-hetero) is 2. The highest BCUT2D eigenvalue weighted by Gasteiger charge is 2.67. The third kappa shape index (κ3) is 7.94. The summed E-state index contributed by atoms with van der Waals surface area (Å²) in [5.41, 5.74) is 3.17. The van der Waals surface area contributed by atoms with Gasteiger partial charge in [0.25, 0.3) is 5.88 Å². The number of fused-ring (bicyclic) bond motifs is 7. The number of carbonyl (C=O) groups is 3. The number of benzene rings is 1. The van der Waals surface area contributed by atoms with Crippen molar-refractivity contribution in [1.82, 2.24) is 10.1 Å². The first-order valence-corrected chi connectivity index (χ1v) is 25.1. The van der Waals surface area contributed by atoms with Crippen LogP contribution in [0.1, 0.15) is 144 Å². The zero-order valence-electron chi connectivity index (χ0n) is 38.3. The van der Waals surface area contributed by atoms with Crippen LogP contribution >= 0.6 is 0 Å². The van der Waals surface area contributed by atoms with Crippen molar-refractivity contribution in [2.75, 3.05) is 38.3 Å². The Hall–Kier alpha value is -4.13. The first-order valence-electron chi connectivity index (χ1n) is 22.2. The van der Waals surface area contributed by atoms with Crippen molar-refractivity contribution in [1.29, 1.82) is 0 Å². The van der Waals surface area contributed by atoms with E-state index in [4.69, 9.17) is 33.6 Å². The van der Waals surface area contributed by atoms with Crippen LogP contribution in [0, 0.1) is 17.8 Å². The van der Waals surface area contributed by atoms with Crippen molar-refractivity contribution in [2.24, 2.45) is 23.5 Å². The molecule has 18 heteroatoms. The second-order valence-corrected chi connectivity index (χ2v) is 25.0. The molecule has 14 nitrogen and oxygen atoms in total. The normalized spacial score (nSPS) is 26.1. The number of hydrogen-bond donors (Lipinski definition) is 2. The SMILES string of the molecule is CCCCOc1noc2c1C(=O)[C@@]1(O[Si](C)(C)C(C)(C)C)C(O)=C3C(=O)c4c(c(OC(F)(F)F)c5c(c4OCCCC)N(C(=O)OC(C)(C)C)CC4CCN(C)C54)C[C@H]3C[C@H]1[C@@H]2N. The number of aliphatic hydroxyl groups excluding tert-OH is 1. The minimum absolute atomic E-state index is 0.0315. The van der Waals surface area contributed by atoms with Crippen LogP contribution in [0.3, 0.4) is 0 Å². The van der Waals surface area contributed by atoms with Gasteiger partial charge in [0, 0.05) is 35.2 Å². The third-order valence-electron chi connectivity index (χ3n) is 13.8. The number of alkyl halides is 3. The zero-order chi connectivity index (χ0) is 46.4. The molecule has 2 unspecified atom stereocenters. The molecule has 0 saturated carbocycles. The highest BCUT2D eigenvalue weighted by molar-refractivity contribution is 6.74. The molecule has 2 aliphatic heterocycles. The van der Waals surface area contributed by atoms with Crippen LogP contribution in [0.15, 0.2) is 15.9 Å². The number of ether oxygens (including phenoxy) is 4. The van der Waals surface area contributed by atoms with E-state index >= 15 is 9.59 Å². The molecule has 3 N–H and O–H groups in total. The second kappa shape index (κ2) is 16.4. The maximum absolute atomic E-state index is 15.7. The summed E-state index contributed by atoms with van der Waals surface area (Å²) in [6.07, 6.45) is -3.16. The number of nitrogens with zero attached hydrogens (tertiary/aromatic N) is 3. The zero-order valence-corrected chi connectivity index (χ0v) is 39.3. The largest absolute Gasteiger partial charge is 0.573 e. The molecular weight excluding hydrogens is 842 g/mol. The summed E-state index contributed by atoms with van der Waals surface area (Å²) in [4.78, 5) is 48.6. The minimum atomic E-state index is -5.22. The molecule has 0 radical (unpaired) electrons. The lowest BCUT2D eigenvalue weighted by Crippen LogP contribution is -2.64. The first kappa shape index (κ1) is 46.8. The van der Waals surface area contributed by atoms with Crippen molar-refractivity contribution >= 4 is 31.7 Å². The summed E-state index contributed by atoms with van der Waals surface area (Å²) >= 11 is 0. The summed E-state index contributed by atoms with van der Waals surface area (Å²) < 4.78 is 80.9. The molecule has 3 aliphatic carbocycles. The number of aliphatic hydroxyl groups is 1. The molecule has 1 fully saturated rings. The molecule has 0 bridgehead atoms. The van der Waals surface area contributed by atoms with Gasteiger partial charge in [0.05, 0.1) is 30.5 Å². The van der Waals surface area contributed by atoms with Crippen LogP contribution in [0.4, 0.5) is 23.7 Å². The smallest absolute Gasteiger partial charge is 0.508 e. The molecule has 3 heterocycles. The summed E-state index contributed by atoms with van der Waals surface area (Å²) in [5.74, 6) is -5.40. The lowest BCUT2D eigenvalue weighted by atomic mass is 9.58. The van der Waals surface area contributed by atoms with E-state index in [0.717, 1.165) is 6.42 Å². The van der Waals surface area contributed by atoms with Gasteiger partial charge in [-0.2, -0.15) is 0 Å². The average Bonchev–Trinajstić information content (AvgIpc) is 3.77. The number of carbonyl (C=O) groups excluding carboxylic acids is 3. The van der Waals surface area contributed by atoms with E-state index in [9.17, 15) is 23.1 Å². The van der Waals surface area contributed by atoms with Gasteiger partial charge in [0.1, 0.15) is 22.7 Å². The van der Waals surface area contributed by atoms with E-state index in [1.807, 2.05) is 52.6 Å². The fourth-order valence-corrected chi connectivity index (χ4v) is 11.3. The van der Waals surface area contributed by atoms with E-state index in [1.54, 1.807) is 27.8 Å². The topological polar surface area (TPSA) is 176 Å². The second-order valence-electron chi connectivity index (χ2n) is 20.3. The number of likely N-dealkylation sites (tertiary alicyclic amines) is 1. The number of aromatic nitrogens is 1. The van der Waals surface area contributed by atoms with Crippen molar-refractivity contribution in [3.8, 4) is 17.4 Å². The maximum atomic E-state index is 15.7. The van der Waals surface area contributed by atoms with Crippen LogP contribution in [0.5, 0.6) is 17.4 Å². The molecule has 1 aromatic carbocycles. The predicted molar refractivity (Wildman–Crippen MR) is 229 cm³/mol. The number of halogens is 3. The number of allylic oxidation sites excluding steroid dienone is 1. The molecule has 6 atom stereocenters. The highest BCUT2D eigenvalue weighted by Crippen LogP contribution is 2.62. The molecule has 348 valence electrons. The van der Waals surface area contributed by atoms with Gasteiger partial charge >= 0.3 is 12.5 Å². The number of amides is 1. The quantitative estimate of drug-likeness (QED) is 0.161. The summed E-state index contributed by atoms with van der Waals surface area (Å²) in [5, 5.41) is 16.6. The van der Waals surface area contributed by atoms with Gasteiger partial charge in [-0.05, 0) is 102 Å². The average molecular weight is 905 g/mol. The monoisotopic (exact) mass is 904 g/mol. The van der Waals surface area contributed by atoms with E-state index in [2.05, 4.69) is 5.16 Å². The number of ketones is 2. The molecule has 1 aromatic heterocycles. The molecule has 63 heavy (non-hydrogen) atoms. The summed E-state index contributed by atoms with van der Waals surface area (Å²) in [6.45, 7) is 19.5. The van der Waals surface area contributed by atoms with Gasteiger partial charge < -0.3 is 38.7 Å². The Balaban J connectivity index is 1.54. The van der Waals surface area contributed by atoms with Crippen LogP contribution in [-0.4, -0.2) is 92.1 Å². The Morgan fingerprint density at radius 1 is 1.02 bits per heavy atom. The minimum Gasteiger partial charge on any atom is -0.508 e. The number of nitrogens with two attached hydrogens (primary N) is 1. The lowest BCUT2D eigenvalue weighted by Gasteiger charge is -2.54. The van der Waals surface area contributed by atoms with E-state index < -0.39 is 84.0 Å². The van der Waals surface area contributed by atoms with E-state index in [-0.39, 0.29) is 89.4 Å². The number of anilines is 1. The Morgan fingerprint density at radius 3 is 2.27 bits per heavy atom. The lowest BCUT2D eigenvalue weighted by molar-refractivity contribution is -0.275. The summed E-state index contributed by atoms with van der Waals surface area (Å²) in [7, 11) is -1.27. The number of rotatable bonds is 11. The Labute approximate surface area is 368 Å². The van der Waals surface area contributed by atoms with Crippen molar-refractivity contribution < 1.29 is 60.6 Å². The van der Waals surface area contributed by atoms with Gasteiger partial charge in [0.15, 0.2) is 31.2 Å². The van der Waals surface area contributed by atoms with Gasteiger partial charge in [-0.1, -0.05) is 47.5 Å². The Kier molecular flexibility index (Phi) is 12.2. The van der Waals surface area contributed by atoms with E-state index in [0.29, 0.717) is 32.2 Å². The maximum Gasteiger partial charge on any atom is 0.573 e. The molecule has 0 spiro atoms. The Morgan fingerprint density at radius 2 is 1.67 bits per heavy atom. The van der Waals surface area contributed by atoms with Crippen LogP contribution in [0.25, 0.3) is 0 Å². The number of hydrogen-bond acceptors (Lipinski definition) is 13. The van der Waals surface area contributed by atoms with Crippen molar-refractivity contribution in [3.63, 3.8) is 0 Å². The van der Waals surface area contributed by atoms with Crippen molar-refractivity contribution in [2.45, 2.75) is 148 Å². The van der Waals surface area contributed by atoms with E-state index in [1.165, 1.54) is 4.90 Å². The van der Waals surface area contributed by atoms with Gasteiger partial charge in [-0.15, -0.1) is 13.2 Å². The van der Waals surface area contributed by atoms with Gasteiger partial charge in [-0.25, -0.2) is 4.79 Å². The molecule has 1 amide bonds. The van der Waals surface area contributed by atoms with Gasteiger partial charge in [-0.3, -0.25) is 19.4 Å². The first-order chi connectivity index (χ1) is 29.3. The van der Waals surface area contributed by atoms with Crippen LogP contribution in [0.2, 0.25) is 18.1 Å². The molecule has 2 aromatic rings. The van der Waals surface area contributed by atoms with Crippen LogP contribution < -0.4 is 24.8 Å². The molecular formula is C45H63F3N4O10Si. The molecule has 7 rings (SSSR count). The Bertz CT molecular complexity index is 2190. The fourth-order valence-electron chi connectivity index (χ4n) is 9.84. The van der Waals surface area contributed by atoms with Crippen LogP contribution in [-0.2, 0) is 15.6 Å². The fraction of sp³-hybridized carbons (Fsp3) is 0.689.